The van der Waals surface area contributed by atoms with Crippen molar-refractivity contribution in [2.45, 2.75) is 69.0 Å². The highest BCUT2D eigenvalue weighted by Crippen LogP contribution is 2.43. The van der Waals surface area contributed by atoms with E-state index in [1.165, 1.54) is 6.07 Å². The highest BCUT2D eigenvalue weighted by Gasteiger charge is 2.49. The lowest BCUT2D eigenvalue weighted by atomic mass is 9.82. The van der Waals surface area contributed by atoms with Crippen LogP contribution in [0, 0.1) is 0 Å². The van der Waals surface area contributed by atoms with Crippen LogP contribution in [-0.2, 0) is 23.9 Å². The van der Waals surface area contributed by atoms with Gasteiger partial charge in [0.25, 0.3) is 0 Å². The molecule has 2 atom stereocenters. The largest absolute Gasteiger partial charge is 0.445 e. The Kier molecular flexibility index (Phi) is 5.97. The van der Waals surface area contributed by atoms with E-state index in [1.807, 2.05) is 30.3 Å². The summed E-state index contributed by atoms with van der Waals surface area (Å²) < 4.78 is 44.3. The number of nitrogens with zero attached hydrogens (tertiary/aromatic N) is 1. The summed E-state index contributed by atoms with van der Waals surface area (Å²) in [5, 5.41) is 11.1. The molecule has 1 N–H and O–H groups in total. The number of hydrogen-bond acceptors (Lipinski definition) is 3. The zero-order valence-corrected chi connectivity index (χ0v) is 17.1. The SMILES string of the molecule is O=C(OCc1ccccc1)N1C2CCC1CC(O)(CCc1cccc(C(F)(F)F)c1)C2. The quantitative estimate of drug-likeness (QED) is 0.693. The Labute approximate surface area is 179 Å². The van der Waals surface area contributed by atoms with Crippen molar-refractivity contribution in [3.05, 3.63) is 71.3 Å². The number of halogens is 3. The number of rotatable bonds is 5. The topological polar surface area (TPSA) is 49.8 Å². The lowest BCUT2D eigenvalue weighted by Crippen LogP contribution is -2.53. The molecule has 2 heterocycles. The standard InChI is InChI=1S/C24H26F3NO3/c25-24(26,27)19-8-4-7-17(13-19)11-12-23(30)14-20-9-10-21(15-23)28(20)22(29)31-16-18-5-2-1-3-6-18/h1-8,13,20-21,30H,9-12,14-16H2. The smallest absolute Gasteiger partial charge is 0.416 e. The van der Waals surface area contributed by atoms with E-state index in [0.717, 1.165) is 30.5 Å². The predicted molar refractivity (Wildman–Crippen MR) is 109 cm³/mol. The monoisotopic (exact) mass is 433 g/mol. The van der Waals surface area contributed by atoms with Crippen LogP contribution in [0.2, 0.25) is 0 Å². The Morgan fingerprint density at radius 1 is 1.03 bits per heavy atom. The second kappa shape index (κ2) is 8.54. The van der Waals surface area contributed by atoms with Crippen LogP contribution in [-0.4, -0.2) is 33.8 Å². The van der Waals surface area contributed by atoms with Gasteiger partial charge in [-0.05, 0) is 55.7 Å². The van der Waals surface area contributed by atoms with Gasteiger partial charge in [-0.2, -0.15) is 13.2 Å². The third kappa shape index (κ3) is 5.03. The number of aliphatic hydroxyl groups is 1. The number of hydrogen-bond donors (Lipinski definition) is 1. The van der Waals surface area contributed by atoms with Crippen LogP contribution in [0.15, 0.2) is 54.6 Å². The van der Waals surface area contributed by atoms with Crippen molar-refractivity contribution in [3.8, 4) is 0 Å². The second-order valence-electron chi connectivity index (χ2n) is 8.66. The Balaban J connectivity index is 1.35. The summed E-state index contributed by atoms with van der Waals surface area (Å²) >= 11 is 0. The molecule has 31 heavy (non-hydrogen) atoms. The van der Waals surface area contributed by atoms with E-state index >= 15 is 0 Å². The van der Waals surface area contributed by atoms with Crippen molar-refractivity contribution < 1.29 is 27.8 Å². The maximum atomic E-state index is 12.9. The van der Waals surface area contributed by atoms with Gasteiger partial charge < -0.3 is 14.7 Å². The van der Waals surface area contributed by atoms with Gasteiger partial charge in [0.2, 0.25) is 0 Å². The Morgan fingerprint density at radius 2 is 1.68 bits per heavy atom. The highest BCUT2D eigenvalue weighted by molar-refractivity contribution is 5.69. The number of amides is 1. The molecule has 2 saturated heterocycles. The van der Waals surface area contributed by atoms with Crippen molar-refractivity contribution in [3.63, 3.8) is 0 Å². The van der Waals surface area contributed by atoms with Crippen molar-refractivity contribution in [2.24, 2.45) is 0 Å². The molecular weight excluding hydrogens is 407 g/mol. The first kappa shape index (κ1) is 21.7. The minimum Gasteiger partial charge on any atom is -0.445 e. The number of benzene rings is 2. The fourth-order valence-corrected chi connectivity index (χ4v) is 4.90. The summed E-state index contributed by atoms with van der Waals surface area (Å²) in [4.78, 5) is 14.4. The Bertz CT molecular complexity index is 902. The van der Waals surface area contributed by atoms with Gasteiger partial charge in [-0.1, -0.05) is 48.5 Å². The molecule has 0 aliphatic carbocycles. The first-order valence-electron chi connectivity index (χ1n) is 10.6. The fraction of sp³-hybridized carbons (Fsp3) is 0.458. The predicted octanol–water partition coefficient (Wildman–Crippen LogP) is 5.33. The van der Waals surface area contributed by atoms with Crippen molar-refractivity contribution in [1.29, 1.82) is 0 Å². The molecule has 2 aliphatic heterocycles. The van der Waals surface area contributed by atoms with E-state index in [-0.39, 0.29) is 24.8 Å². The van der Waals surface area contributed by atoms with Gasteiger partial charge in [0.05, 0.1) is 11.2 Å². The molecule has 2 aromatic rings. The van der Waals surface area contributed by atoms with Crippen molar-refractivity contribution in [1.82, 2.24) is 4.90 Å². The summed E-state index contributed by atoms with van der Waals surface area (Å²) in [7, 11) is 0. The van der Waals surface area contributed by atoms with Gasteiger partial charge in [0.1, 0.15) is 6.61 Å². The van der Waals surface area contributed by atoms with E-state index in [0.29, 0.717) is 31.2 Å². The lowest BCUT2D eigenvalue weighted by Gasteiger charge is -2.43. The average molecular weight is 433 g/mol. The van der Waals surface area contributed by atoms with E-state index in [9.17, 15) is 23.1 Å². The summed E-state index contributed by atoms with van der Waals surface area (Å²) in [5.74, 6) is 0. The van der Waals surface area contributed by atoms with Crippen molar-refractivity contribution >= 4 is 6.09 Å². The molecule has 1 amide bonds. The van der Waals surface area contributed by atoms with Crippen LogP contribution < -0.4 is 0 Å². The number of aryl methyl sites for hydroxylation is 1. The van der Waals surface area contributed by atoms with Crippen LogP contribution in [0.25, 0.3) is 0 Å². The van der Waals surface area contributed by atoms with Crippen molar-refractivity contribution in [2.75, 3.05) is 0 Å². The van der Waals surface area contributed by atoms with Crippen LogP contribution in [0.3, 0.4) is 0 Å². The number of carbonyl (C=O) groups excluding carboxylic acids is 1. The van der Waals surface area contributed by atoms with Crippen LogP contribution in [0.4, 0.5) is 18.0 Å². The van der Waals surface area contributed by atoms with E-state index in [4.69, 9.17) is 4.74 Å². The van der Waals surface area contributed by atoms with Gasteiger partial charge in [0.15, 0.2) is 0 Å². The zero-order chi connectivity index (χ0) is 22.1. The molecule has 0 aromatic heterocycles. The summed E-state index contributed by atoms with van der Waals surface area (Å²) in [6.07, 6.45) is -1.57. The molecule has 166 valence electrons. The molecule has 0 saturated carbocycles. The molecule has 0 spiro atoms. The molecule has 7 heteroatoms. The molecule has 0 radical (unpaired) electrons. The minimum atomic E-state index is -4.38. The molecule has 4 nitrogen and oxygen atoms in total. The molecule has 4 rings (SSSR count). The fourth-order valence-electron chi connectivity index (χ4n) is 4.90. The van der Waals surface area contributed by atoms with Crippen LogP contribution >= 0.6 is 0 Å². The molecule has 2 unspecified atom stereocenters. The molecule has 2 fully saturated rings. The number of piperidine rings is 1. The van der Waals surface area contributed by atoms with Gasteiger partial charge in [-0.3, -0.25) is 0 Å². The number of fused-ring (bicyclic) bond motifs is 2. The minimum absolute atomic E-state index is 0.103. The average Bonchev–Trinajstić information content (AvgIpc) is 3.03. The molecular formula is C24H26F3NO3. The molecule has 2 bridgehead atoms. The highest BCUT2D eigenvalue weighted by atomic mass is 19.4. The van der Waals surface area contributed by atoms with Gasteiger partial charge in [-0.15, -0.1) is 0 Å². The number of alkyl halides is 3. The van der Waals surface area contributed by atoms with E-state index in [2.05, 4.69) is 0 Å². The maximum Gasteiger partial charge on any atom is 0.416 e. The third-order valence-electron chi connectivity index (χ3n) is 6.40. The van der Waals surface area contributed by atoms with E-state index < -0.39 is 17.3 Å². The maximum absolute atomic E-state index is 12.9. The summed E-state index contributed by atoms with van der Waals surface area (Å²) in [5.41, 5.74) is -0.192. The first-order chi connectivity index (χ1) is 14.7. The van der Waals surface area contributed by atoms with E-state index in [1.54, 1.807) is 11.0 Å². The number of ether oxygens (including phenoxy) is 1. The lowest BCUT2D eigenvalue weighted by molar-refractivity contribution is -0.137. The number of carbonyl (C=O) groups is 1. The third-order valence-corrected chi connectivity index (χ3v) is 6.40. The second-order valence-corrected chi connectivity index (χ2v) is 8.66. The zero-order valence-electron chi connectivity index (χ0n) is 17.1. The van der Waals surface area contributed by atoms with Crippen LogP contribution in [0.1, 0.15) is 48.8 Å². The van der Waals surface area contributed by atoms with Crippen LogP contribution in [0.5, 0.6) is 0 Å². The first-order valence-corrected chi connectivity index (χ1v) is 10.6. The van der Waals surface area contributed by atoms with Gasteiger partial charge >= 0.3 is 12.3 Å². The summed E-state index contributed by atoms with van der Waals surface area (Å²) in [6, 6.07) is 14.5. The Morgan fingerprint density at radius 3 is 2.32 bits per heavy atom. The van der Waals surface area contributed by atoms with Gasteiger partial charge in [-0.25, -0.2) is 4.79 Å². The Hall–Kier alpha value is -2.54. The normalized spacial score (nSPS) is 25.5. The molecule has 2 aromatic carbocycles. The van der Waals surface area contributed by atoms with Gasteiger partial charge in [0, 0.05) is 12.1 Å². The summed E-state index contributed by atoms with van der Waals surface area (Å²) in [6.45, 7) is 0.204. The molecule has 2 aliphatic rings.